The topological polar surface area (TPSA) is 26.7 Å². The smallest absolute Gasteiger partial charge is 0.0631 e. The highest BCUT2D eigenvalue weighted by atomic mass is 16.3. The average Bonchev–Trinajstić information content (AvgIpc) is 2.73. The minimum absolute atomic E-state index is 0.115. The van der Waals surface area contributed by atoms with Gasteiger partial charge in [0.1, 0.15) is 0 Å². The quantitative estimate of drug-likeness (QED) is 0.832. The first-order valence-electron chi connectivity index (χ1n) is 7.47. The third-order valence-corrected chi connectivity index (χ3v) is 5.11. The zero-order valence-electron chi connectivity index (χ0n) is 12.5. The normalized spacial score (nSPS) is 37.3. The Kier molecular flexibility index (Phi) is 4.35. The Morgan fingerprint density at radius 2 is 2.00 bits per heavy atom. The molecular weight excluding hydrogens is 224 g/mol. The lowest BCUT2D eigenvalue weighted by molar-refractivity contribution is -0.0414. The van der Waals surface area contributed by atoms with E-state index in [-0.39, 0.29) is 11.5 Å². The molecule has 3 nitrogen and oxygen atoms in total. The molecule has 3 atom stereocenters. The van der Waals surface area contributed by atoms with Crippen molar-refractivity contribution in [3.63, 3.8) is 0 Å². The van der Waals surface area contributed by atoms with E-state index < -0.39 is 0 Å². The summed E-state index contributed by atoms with van der Waals surface area (Å²) in [5.41, 5.74) is 0.115. The van der Waals surface area contributed by atoms with Crippen molar-refractivity contribution in [2.24, 2.45) is 11.3 Å². The molecule has 0 bridgehead atoms. The molecule has 0 amide bonds. The van der Waals surface area contributed by atoms with E-state index >= 15 is 0 Å². The molecule has 18 heavy (non-hydrogen) atoms. The first-order valence-corrected chi connectivity index (χ1v) is 7.47. The fourth-order valence-electron chi connectivity index (χ4n) is 3.69. The molecule has 0 aromatic rings. The van der Waals surface area contributed by atoms with Crippen molar-refractivity contribution < 1.29 is 5.11 Å². The number of aliphatic hydroxyl groups excluding tert-OH is 1. The highest BCUT2D eigenvalue weighted by Gasteiger charge is 2.39. The van der Waals surface area contributed by atoms with Gasteiger partial charge in [0.25, 0.3) is 0 Å². The van der Waals surface area contributed by atoms with E-state index in [9.17, 15) is 5.11 Å². The molecule has 2 fully saturated rings. The Hall–Kier alpha value is -0.120. The van der Waals surface area contributed by atoms with Gasteiger partial charge in [-0.25, -0.2) is 0 Å². The van der Waals surface area contributed by atoms with Crippen LogP contribution in [0.4, 0.5) is 0 Å². The highest BCUT2D eigenvalue weighted by Crippen LogP contribution is 2.39. The number of aliphatic hydroxyl groups is 1. The second kappa shape index (κ2) is 5.48. The Balaban J connectivity index is 1.86. The van der Waals surface area contributed by atoms with Gasteiger partial charge in [-0.15, -0.1) is 0 Å². The number of likely N-dealkylation sites (N-methyl/N-ethyl adjacent to an activating group) is 1. The van der Waals surface area contributed by atoms with Gasteiger partial charge < -0.3 is 14.9 Å². The van der Waals surface area contributed by atoms with Crippen molar-refractivity contribution in [2.45, 2.75) is 51.7 Å². The van der Waals surface area contributed by atoms with Crippen LogP contribution >= 0.6 is 0 Å². The van der Waals surface area contributed by atoms with Crippen molar-refractivity contribution in [2.75, 3.05) is 33.7 Å². The van der Waals surface area contributed by atoms with Crippen molar-refractivity contribution in [3.05, 3.63) is 0 Å². The Labute approximate surface area is 112 Å². The second-order valence-electron chi connectivity index (χ2n) is 7.25. The van der Waals surface area contributed by atoms with Gasteiger partial charge in [0.05, 0.1) is 6.10 Å². The minimum Gasteiger partial charge on any atom is -0.392 e. The van der Waals surface area contributed by atoms with Gasteiger partial charge in [0, 0.05) is 19.1 Å². The monoisotopic (exact) mass is 254 g/mol. The van der Waals surface area contributed by atoms with E-state index in [2.05, 4.69) is 37.7 Å². The standard InChI is InChI=1S/C15H30N2O/c1-15(2)8-5-6-12(14(15)18)10-17-9-7-13(11-17)16(3)4/h12-14,18H,5-11H2,1-4H3. The Bertz CT molecular complexity index is 278. The third-order valence-electron chi connectivity index (χ3n) is 5.11. The lowest BCUT2D eigenvalue weighted by atomic mass is 9.69. The molecule has 1 heterocycles. The van der Waals surface area contributed by atoms with E-state index in [1.807, 2.05) is 0 Å². The summed E-state index contributed by atoms with van der Waals surface area (Å²) in [6.07, 6.45) is 4.81. The summed E-state index contributed by atoms with van der Waals surface area (Å²) in [4.78, 5) is 4.89. The van der Waals surface area contributed by atoms with E-state index in [0.717, 1.165) is 6.54 Å². The molecule has 0 spiro atoms. The summed E-state index contributed by atoms with van der Waals surface area (Å²) in [5, 5.41) is 10.5. The largest absolute Gasteiger partial charge is 0.392 e. The number of likely N-dealkylation sites (tertiary alicyclic amines) is 1. The molecular formula is C15H30N2O. The number of hydrogen-bond donors (Lipinski definition) is 1. The van der Waals surface area contributed by atoms with Crippen LogP contribution in [-0.2, 0) is 0 Å². The van der Waals surface area contributed by atoms with Crippen LogP contribution in [0.25, 0.3) is 0 Å². The summed E-state index contributed by atoms with van der Waals surface area (Å²) in [6, 6.07) is 0.707. The maximum Gasteiger partial charge on any atom is 0.0631 e. The number of rotatable bonds is 3. The summed E-state index contributed by atoms with van der Waals surface area (Å²) in [7, 11) is 4.35. The van der Waals surface area contributed by atoms with E-state index in [1.54, 1.807) is 0 Å². The maximum absolute atomic E-state index is 10.5. The van der Waals surface area contributed by atoms with Crippen LogP contribution in [0.3, 0.4) is 0 Å². The van der Waals surface area contributed by atoms with Crippen molar-refractivity contribution in [1.82, 2.24) is 9.80 Å². The summed E-state index contributed by atoms with van der Waals surface area (Å²) < 4.78 is 0. The molecule has 1 N–H and O–H groups in total. The van der Waals surface area contributed by atoms with Crippen molar-refractivity contribution in [1.29, 1.82) is 0 Å². The molecule has 3 heteroatoms. The molecule has 3 unspecified atom stereocenters. The molecule has 2 aliphatic rings. The van der Waals surface area contributed by atoms with Crippen LogP contribution in [0.15, 0.2) is 0 Å². The molecule has 0 aromatic heterocycles. The predicted octanol–water partition coefficient (Wildman–Crippen LogP) is 1.81. The highest BCUT2D eigenvalue weighted by molar-refractivity contribution is 4.91. The van der Waals surface area contributed by atoms with Gasteiger partial charge in [-0.1, -0.05) is 20.3 Å². The number of nitrogens with zero attached hydrogens (tertiary/aromatic N) is 2. The third kappa shape index (κ3) is 3.06. The van der Waals surface area contributed by atoms with Gasteiger partial charge in [0.15, 0.2) is 0 Å². The molecule has 1 aliphatic carbocycles. The minimum atomic E-state index is -0.121. The van der Waals surface area contributed by atoms with E-state index in [4.69, 9.17) is 0 Å². The number of hydrogen-bond acceptors (Lipinski definition) is 3. The molecule has 1 aliphatic heterocycles. The molecule has 1 saturated carbocycles. The van der Waals surface area contributed by atoms with Crippen LogP contribution in [0.1, 0.15) is 39.5 Å². The van der Waals surface area contributed by atoms with Gasteiger partial charge >= 0.3 is 0 Å². The lowest BCUT2D eigenvalue weighted by Gasteiger charge is -2.42. The zero-order valence-corrected chi connectivity index (χ0v) is 12.5. The Morgan fingerprint density at radius 1 is 1.28 bits per heavy atom. The van der Waals surface area contributed by atoms with Crippen LogP contribution in [0.5, 0.6) is 0 Å². The van der Waals surface area contributed by atoms with Crippen LogP contribution in [-0.4, -0.2) is 60.8 Å². The molecule has 106 valence electrons. The maximum atomic E-state index is 10.5. The lowest BCUT2D eigenvalue weighted by Crippen LogP contribution is -2.45. The van der Waals surface area contributed by atoms with Crippen LogP contribution in [0.2, 0.25) is 0 Å². The summed E-state index contributed by atoms with van der Waals surface area (Å²) in [6.45, 7) is 7.91. The van der Waals surface area contributed by atoms with Gasteiger partial charge in [-0.2, -0.15) is 0 Å². The van der Waals surface area contributed by atoms with Crippen LogP contribution < -0.4 is 0 Å². The first-order chi connectivity index (χ1) is 8.40. The summed E-state index contributed by atoms with van der Waals surface area (Å²) in [5.74, 6) is 0.481. The van der Waals surface area contributed by atoms with Gasteiger partial charge in [-0.3, -0.25) is 0 Å². The average molecular weight is 254 g/mol. The Morgan fingerprint density at radius 3 is 2.61 bits per heavy atom. The molecule has 0 radical (unpaired) electrons. The summed E-state index contributed by atoms with van der Waals surface area (Å²) >= 11 is 0. The second-order valence-corrected chi connectivity index (χ2v) is 7.25. The van der Waals surface area contributed by atoms with Crippen molar-refractivity contribution in [3.8, 4) is 0 Å². The molecule has 1 saturated heterocycles. The van der Waals surface area contributed by atoms with Crippen LogP contribution in [0, 0.1) is 11.3 Å². The van der Waals surface area contributed by atoms with E-state index in [1.165, 1.54) is 38.8 Å². The molecule has 0 aromatic carbocycles. The zero-order chi connectivity index (χ0) is 13.3. The molecule has 2 rings (SSSR count). The first kappa shape index (κ1) is 14.3. The SMILES string of the molecule is CN(C)C1CCN(CC2CCCC(C)(C)C2O)C1. The predicted molar refractivity (Wildman–Crippen MR) is 75.7 cm³/mol. The van der Waals surface area contributed by atoms with Gasteiger partial charge in [-0.05, 0) is 51.2 Å². The van der Waals surface area contributed by atoms with E-state index in [0.29, 0.717) is 12.0 Å². The fourth-order valence-corrected chi connectivity index (χ4v) is 3.69. The van der Waals surface area contributed by atoms with Gasteiger partial charge in [0.2, 0.25) is 0 Å². The van der Waals surface area contributed by atoms with Crippen molar-refractivity contribution >= 4 is 0 Å². The fraction of sp³-hybridized carbons (Fsp3) is 1.00.